The molecule has 312 valence electrons. The molecular weight excluding hydrogens is 795 g/mol. The minimum atomic E-state index is -0.525. The third-order valence-corrected chi connectivity index (χ3v) is 16.1. The number of rotatable bonds is 4. The first-order chi connectivity index (χ1) is 32.3. The lowest BCUT2D eigenvalue weighted by Gasteiger charge is -2.33. The SMILES string of the molecule is CC1(C)c2ccccc2-c2ccc(N(c3ccc4c(c3)C(C)(C)c3ccccc3-4)c3cccc4c3-c3ccccc3C43c4ccccc4-c4c(-c5cccc6ccccc56)cccc43)cc21. The largest absolute Gasteiger partial charge is 0.310 e. The van der Waals surface area contributed by atoms with Gasteiger partial charge in [-0.05, 0) is 136 Å². The van der Waals surface area contributed by atoms with E-state index in [0.29, 0.717) is 0 Å². The van der Waals surface area contributed by atoms with Gasteiger partial charge in [0.25, 0.3) is 0 Å². The third kappa shape index (κ3) is 4.70. The summed E-state index contributed by atoms with van der Waals surface area (Å²) in [5.74, 6) is 0. The third-order valence-electron chi connectivity index (χ3n) is 16.1. The minimum Gasteiger partial charge on any atom is -0.310 e. The maximum atomic E-state index is 2.58. The molecule has 1 heteroatoms. The molecule has 0 aromatic heterocycles. The smallest absolute Gasteiger partial charge is 0.0726 e. The van der Waals surface area contributed by atoms with Crippen LogP contribution >= 0.6 is 0 Å². The van der Waals surface area contributed by atoms with Gasteiger partial charge in [-0.25, -0.2) is 0 Å². The average Bonchev–Trinajstić information content (AvgIpc) is 3.99. The van der Waals surface area contributed by atoms with Crippen molar-refractivity contribution < 1.29 is 0 Å². The molecule has 66 heavy (non-hydrogen) atoms. The van der Waals surface area contributed by atoms with Gasteiger partial charge in [0.1, 0.15) is 0 Å². The molecule has 10 aromatic rings. The molecule has 10 aromatic carbocycles. The van der Waals surface area contributed by atoms with Crippen LogP contribution in [-0.2, 0) is 16.2 Å². The standard InChI is InChI=1S/C65H47N/c1-63(2)52-27-11-7-21-45(52)47-36-34-41(38-58(47)63)66(42-35-37-48-46-22-8-12-28-53(46)64(3,4)59(48)39-42)60-33-17-32-57-62(60)51-24-10-14-30-55(51)65(57)54-29-13-9-23-50(54)61-49(26-16-31-56(61)65)44-25-15-19-40-18-5-6-20-43(40)44/h5-39H,1-4H3. The van der Waals surface area contributed by atoms with Gasteiger partial charge >= 0.3 is 0 Å². The summed E-state index contributed by atoms with van der Waals surface area (Å²) in [6, 6.07) is 80.7. The Hall–Kier alpha value is -7.74. The second-order valence-electron chi connectivity index (χ2n) is 19.9. The summed E-state index contributed by atoms with van der Waals surface area (Å²) in [5.41, 5.74) is 26.7. The van der Waals surface area contributed by atoms with Gasteiger partial charge in [0.15, 0.2) is 0 Å². The highest BCUT2D eigenvalue weighted by molar-refractivity contribution is 6.07. The van der Waals surface area contributed by atoms with Crippen LogP contribution in [0.25, 0.3) is 66.4 Å². The van der Waals surface area contributed by atoms with Crippen LogP contribution in [0.15, 0.2) is 212 Å². The summed E-state index contributed by atoms with van der Waals surface area (Å²) in [4.78, 5) is 2.58. The molecule has 0 saturated carbocycles. The fourth-order valence-corrected chi connectivity index (χ4v) is 13.2. The molecule has 4 aliphatic rings. The van der Waals surface area contributed by atoms with Crippen molar-refractivity contribution in [2.24, 2.45) is 0 Å². The molecule has 0 aliphatic heterocycles. The normalized spacial score (nSPS) is 16.8. The van der Waals surface area contributed by atoms with Crippen LogP contribution in [0.1, 0.15) is 72.2 Å². The minimum absolute atomic E-state index is 0.149. The van der Waals surface area contributed by atoms with Crippen molar-refractivity contribution in [3.05, 3.63) is 257 Å². The fraction of sp³-hybridized carbons (Fsp3) is 0.108. The summed E-state index contributed by atoms with van der Waals surface area (Å²) in [6.07, 6.45) is 0. The summed E-state index contributed by atoms with van der Waals surface area (Å²) < 4.78 is 0. The molecule has 1 nitrogen and oxygen atoms in total. The first-order valence-corrected chi connectivity index (χ1v) is 23.5. The Kier molecular flexibility index (Phi) is 7.51. The molecule has 0 fully saturated rings. The van der Waals surface area contributed by atoms with Gasteiger partial charge in [-0.15, -0.1) is 0 Å². The second-order valence-corrected chi connectivity index (χ2v) is 19.9. The number of nitrogens with zero attached hydrogens (tertiary/aromatic N) is 1. The van der Waals surface area contributed by atoms with E-state index in [1.165, 1.54) is 128 Å². The van der Waals surface area contributed by atoms with Gasteiger partial charge in [-0.2, -0.15) is 0 Å². The van der Waals surface area contributed by atoms with E-state index in [-0.39, 0.29) is 10.8 Å². The van der Waals surface area contributed by atoms with E-state index in [1.807, 2.05) is 0 Å². The zero-order valence-corrected chi connectivity index (χ0v) is 37.7. The van der Waals surface area contributed by atoms with Gasteiger partial charge in [0.2, 0.25) is 0 Å². The number of fused-ring (bicyclic) bond motifs is 17. The molecular formula is C65H47N. The number of benzene rings is 10. The molecule has 1 atom stereocenters. The summed E-state index contributed by atoms with van der Waals surface area (Å²) in [6.45, 7) is 9.57. The highest BCUT2D eigenvalue weighted by Gasteiger charge is 2.53. The predicted molar refractivity (Wildman–Crippen MR) is 275 cm³/mol. The Bertz CT molecular complexity index is 3620. The fourth-order valence-electron chi connectivity index (χ4n) is 13.2. The maximum absolute atomic E-state index is 2.58. The number of hydrogen-bond acceptors (Lipinski definition) is 1. The van der Waals surface area contributed by atoms with Gasteiger partial charge in [-0.3, -0.25) is 0 Å². The molecule has 0 bridgehead atoms. The monoisotopic (exact) mass is 841 g/mol. The molecule has 0 saturated heterocycles. The Morgan fingerprint density at radius 3 is 1.32 bits per heavy atom. The lowest BCUT2D eigenvalue weighted by atomic mass is 9.70. The van der Waals surface area contributed by atoms with Crippen LogP contribution in [0.5, 0.6) is 0 Å². The van der Waals surface area contributed by atoms with Crippen LogP contribution in [0.4, 0.5) is 17.1 Å². The van der Waals surface area contributed by atoms with E-state index >= 15 is 0 Å². The van der Waals surface area contributed by atoms with E-state index < -0.39 is 5.41 Å². The van der Waals surface area contributed by atoms with Crippen molar-refractivity contribution in [2.45, 2.75) is 43.9 Å². The van der Waals surface area contributed by atoms with E-state index in [4.69, 9.17) is 0 Å². The van der Waals surface area contributed by atoms with Crippen LogP contribution in [-0.4, -0.2) is 0 Å². The molecule has 0 radical (unpaired) electrons. The molecule has 0 N–H and O–H groups in total. The molecule has 1 spiro atoms. The first kappa shape index (κ1) is 37.6. The molecule has 1 unspecified atom stereocenters. The quantitative estimate of drug-likeness (QED) is 0.171. The highest BCUT2D eigenvalue weighted by Crippen LogP contribution is 2.66. The van der Waals surface area contributed by atoms with Crippen molar-refractivity contribution in [1.29, 1.82) is 0 Å². The Morgan fingerprint density at radius 2 is 0.697 bits per heavy atom. The van der Waals surface area contributed by atoms with E-state index in [2.05, 4.69) is 245 Å². The predicted octanol–water partition coefficient (Wildman–Crippen LogP) is 16.9. The zero-order chi connectivity index (χ0) is 44.1. The topological polar surface area (TPSA) is 3.24 Å². The van der Waals surface area contributed by atoms with E-state index in [0.717, 1.165) is 0 Å². The molecule has 0 heterocycles. The number of hydrogen-bond donors (Lipinski definition) is 0. The Labute approximate surface area is 387 Å². The van der Waals surface area contributed by atoms with Crippen LogP contribution in [0.2, 0.25) is 0 Å². The van der Waals surface area contributed by atoms with E-state index in [9.17, 15) is 0 Å². The van der Waals surface area contributed by atoms with Crippen molar-refractivity contribution in [3.63, 3.8) is 0 Å². The maximum Gasteiger partial charge on any atom is 0.0726 e. The number of anilines is 3. The van der Waals surface area contributed by atoms with Gasteiger partial charge in [0.05, 0.1) is 11.1 Å². The lowest BCUT2D eigenvalue weighted by molar-refractivity contribution is 0.660. The first-order valence-electron chi connectivity index (χ1n) is 23.5. The molecule has 14 rings (SSSR count). The van der Waals surface area contributed by atoms with Crippen molar-refractivity contribution in [3.8, 4) is 55.6 Å². The van der Waals surface area contributed by atoms with E-state index in [1.54, 1.807) is 0 Å². The van der Waals surface area contributed by atoms with Gasteiger partial charge in [0, 0.05) is 27.8 Å². The summed E-state index contributed by atoms with van der Waals surface area (Å²) in [5, 5.41) is 2.53. The van der Waals surface area contributed by atoms with Crippen LogP contribution < -0.4 is 4.90 Å². The lowest BCUT2D eigenvalue weighted by Crippen LogP contribution is -2.26. The molecule has 0 amide bonds. The summed E-state index contributed by atoms with van der Waals surface area (Å²) in [7, 11) is 0. The van der Waals surface area contributed by atoms with Crippen LogP contribution in [0, 0.1) is 0 Å². The Morgan fingerprint density at radius 1 is 0.288 bits per heavy atom. The van der Waals surface area contributed by atoms with Crippen LogP contribution in [0.3, 0.4) is 0 Å². The zero-order valence-electron chi connectivity index (χ0n) is 37.7. The van der Waals surface area contributed by atoms with Crippen molar-refractivity contribution in [1.82, 2.24) is 0 Å². The average molecular weight is 842 g/mol. The van der Waals surface area contributed by atoms with Crippen molar-refractivity contribution >= 4 is 27.8 Å². The Balaban J connectivity index is 1.05. The van der Waals surface area contributed by atoms with Gasteiger partial charge < -0.3 is 4.90 Å². The molecule has 4 aliphatic carbocycles. The second kappa shape index (κ2) is 13.2. The summed E-state index contributed by atoms with van der Waals surface area (Å²) >= 11 is 0. The van der Waals surface area contributed by atoms with Crippen molar-refractivity contribution in [2.75, 3.05) is 4.90 Å². The highest BCUT2D eigenvalue weighted by atomic mass is 15.1. The van der Waals surface area contributed by atoms with Gasteiger partial charge in [-0.1, -0.05) is 210 Å².